The molecule has 0 spiro atoms. The Morgan fingerprint density at radius 3 is 2.12 bits per heavy atom. The van der Waals surface area contributed by atoms with E-state index in [1.165, 1.54) is 0 Å². The maximum atomic E-state index is 11.3. The molecule has 0 heterocycles. The van der Waals surface area contributed by atoms with Crippen LogP contribution in [-0.4, -0.2) is 23.7 Å². The van der Waals surface area contributed by atoms with Crippen LogP contribution in [0, 0.1) is 17.8 Å². The van der Waals surface area contributed by atoms with Crippen molar-refractivity contribution in [1.82, 2.24) is 0 Å². The van der Waals surface area contributed by atoms with E-state index in [1.807, 2.05) is 27.7 Å². The average Bonchev–Trinajstić information content (AvgIpc) is 2.13. The number of ether oxygens (including phenoxy) is 1. The molecule has 0 aromatic carbocycles. The summed E-state index contributed by atoms with van der Waals surface area (Å²) in [5.74, 6) is -1.27. The number of rotatable bonds is 7. The third-order valence-corrected chi connectivity index (χ3v) is 2.36. The minimum atomic E-state index is -0.841. The third-order valence-electron chi connectivity index (χ3n) is 2.36. The SMILES string of the molecule is CC(C)COC(=O)CCC(C(=O)O)C(C)C. The summed E-state index contributed by atoms with van der Waals surface area (Å²) in [5.41, 5.74) is 0. The van der Waals surface area contributed by atoms with Gasteiger partial charge in [0.1, 0.15) is 0 Å². The summed E-state index contributed by atoms with van der Waals surface area (Å²) in [6.07, 6.45) is 0.534. The first-order valence-electron chi connectivity index (χ1n) is 5.73. The van der Waals surface area contributed by atoms with Crippen LogP contribution in [0.2, 0.25) is 0 Å². The summed E-state index contributed by atoms with van der Waals surface area (Å²) in [5, 5.41) is 8.92. The van der Waals surface area contributed by atoms with Gasteiger partial charge in [0.05, 0.1) is 12.5 Å². The summed E-state index contributed by atoms with van der Waals surface area (Å²) < 4.78 is 4.98. The highest BCUT2D eigenvalue weighted by Gasteiger charge is 2.22. The Morgan fingerprint density at radius 1 is 1.19 bits per heavy atom. The fourth-order valence-electron chi connectivity index (χ4n) is 1.35. The van der Waals surface area contributed by atoms with E-state index in [2.05, 4.69) is 0 Å². The van der Waals surface area contributed by atoms with Gasteiger partial charge in [-0.15, -0.1) is 0 Å². The van der Waals surface area contributed by atoms with Crippen molar-refractivity contribution in [3.63, 3.8) is 0 Å². The van der Waals surface area contributed by atoms with Crippen molar-refractivity contribution in [2.45, 2.75) is 40.5 Å². The Labute approximate surface area is 97.0 Å². The molecule has 0 saturated carbocycles. The van der Waals surface area contributed by atoms with Gasteiger partial charge in [-0.25, -0.2) is 0 Å². The second kappa shape index (κ2) is 7.25. The largest absolute Gasteiger partial charge is 0.481 e. The molecule has 4 heteroatoms. The number of hydrogen-bond acceptors (Lipinski definition) is 3. The van der Waals surface area contributed by atoms with Gasteiger partial charge in [0.25, 0.3) is 0 Å². The van der Waals surface area contributed by atoms with Crippen LogP contribution in [0.5, 0.6) is 0 Å². The molecule has 94 valence electrons. The lowest BCUT2D eigenvalue weighted by Gasteiger charge is -2.15. The quantitative estimate of drug-likeness (QED) is 0.682. The second-order valence-electron chi connectivity index (χ2n) is 4.80. The van der Waals surface area contributed by atoms with Gasteiger partial charge in [-0.3, -0.25) is 9.59 Å². The van der Waals surface area contributed by atoms with E-state index in [0.29, 0.717) is 18.9 Å². The number of esters is 1. The smallest absolute Gasteiger partial charge is 0.306 e. The first kappa shape index (κ1) is 14.9. The van der Waals surface area contributed by atoms with Crippen LogP contribution < -0.4 is 0 Å². The lowest BCUT2D eigenvalue weighted by molar-refractivity contribution is -0.147. The molecule has 0 radical (unpaired) electrons. The van der Waals surface area contributed by atoms with Crippen LogP contribution in [0.4, 0.5) is 0 Å². The molecule has 1 unspecified atom stereocenters. The van der Waals surface area contributed by atoms with Gasteiger partial charge in [-0.2, -0.15) is 0 Å². The fourth-order valence-corrected chi connectivity index (χ4v) is 1.35. The predicted octanol–water partition coefficient (Wildman–Crippen LogP) is 2.32. The molecule has 0 aromatic rings. The van der Waals surface area contributed by atoms with Crippen molar-refractivity contribution in [1.29, 1.82) is 0 Å². The normalized spacial score (nSPS) is 12.9. The number of carbonyl (C=O) groups is 2. The molecular weight excluding hydrogens is 208 g/mol. The van der Waals surface area contributed by atoms with E-state index in [4.69, 9.17) is 9.84 Å². The summed E-state index contributed by atoms with van der Waals surface area (Å²) in [6, 6.07) is 0. The van der Waals surface area contributed by atoms with E-state index in [0.717, 1.165) is 0 Å². The number of hydrogen-bond donors (Lipinski definition) is 1. The van der Waals surface area contributed by atoms with Crippen molar-refractivity contribution in [3.05, 3.63) is 0 Å². The van der Waals surface area contributed by atoms with E-state index >= 15 is 0 Å². The molecule has 0 rings (SSSR count). The Kier molecular flexibility index (Phi) is 6.77. The maximum Gasteiger partial charge on any atom is 0.306 e. The number of carboxylic acids is 1. The molecule has 0 aliphatic carbocycles. The molecule has 0 aliphatic rings. The van der Waals surface area contributed by atoms with Crippen LogP contribution in [0.3, 0.4) is 0 Å². The Balaban J connectivity index is 3.93. The monoisotopic (exact) mass is 230 g/mol. The zero-order valence-corrected chi connectivity index (χ0v) is 10.5. The molecule has 0 bridgehead atoms. The number of carbonyl (C=O) groups excluding carboxylic acids is 1. The molecule has 0 aliphatic heterocycles. The van der Waals surface area contributed by atoms with Gasteiger partial charge in [-0.1, -0.05) is 27.7 Å². The standard InChI is InChI=1S/C12H22O4/c1-8(2)7-16-11(13)6-5-10(9(3)4)12(14)15/h8-10H,5-7H2,1-4H3,(H,14,15). The highest BCUT2D eigenvalue weighted by Crippen LogP contribution is 2.17. The molecule has 0 amide bonds. The van der Waals surface area contributed by atoms with Crippen molar-refractivity contribution in [2.24, 2.45) is 17.8 Å². The van der Waals surface area contributed by atoms with Gasteiger partial charge in [0, 0.05) is 6.42 Å². The lowest BCUT2D eigenvalue weighted by Crippen LogP contribution is -2.21. The highest BCUT2D eigenvalue weighted by atomic mass is 16.5. The van der Waals surface area contributed by atoms with Crippen molar-refractivity contribution in [2.75, 3.05) is 6.61 Å². The summed E-state index contributed by atoms with van der Waals surface area (Å²) >= 11 is 0. The van der Waals surface area contributed by atoms with Crippen molar-refractivity contribution >= 4 is 11.9 Å². The van der Waals surface area contributed by atoms with Crippen LogP contribution in [0.25, 0.3) is 0 Å². The molecular formula is C12H22O4. The minimum absolute atomic E-state index is 0.0374. The Bertz CT molecular complexity index is 233. The molecule has 0 saturated heterocycles. The fraction of sp³-hybridized carbons (Fsp3) is 0.833. The first-order chi connectivity index (χ1) is 7.34. The average molecular weight is 230 g/mol. The van der Waals surface area contributed by atoms with E-state index in [-0.39, 0.29) is 18.3 Å². The highest BCUT2D eigenvalue weighted by molar-refractivity contribution is 5.73. The molecule has 4 nitrogen and oxygen atoms in total. The molecule has 0 aromatic heterocycles. The van der Waals surface area contributed by atoms with Crippen LogP contribution in [0.15, 0.2) is 0 Å². The van der Waals surface area contributed by atoms with Gasteiger partial charge in [0.2, 0.25) is 0 Å². The Morgan fingerprint density at radius 2 is 1.75 bits per heavy atom. The van der Waals surface area contributed by atoms with Gasteiger partial charge in [-0.05, 0) is 18.3 Å². The topological polar surface area (TPSA) is 63.6 Å². The van der Waals surface area contributed by atoms with Crippen molar-refractivity contribution < 1.29 is 19.4 Å². The van der Waals surface area contributed by atoms with Gasteiger partial charge in [0.15, 0.2) is 0 Å². The van der Waals surface area contributed by atoms with Crippen LogP contribution >= 0.6 is 0 Å². The van der Waals surface area contributed by atoms with Crippen LogP contribution in [0.1, 0.15) is 40.5 Å². The molecule has 1 N–H and O–H groups in total. The lowest BCUT2D eigenvalue weighted by atomic mass is 9.91. The number of aliphatic carboxylic acids is 1. The first-order valence-corrected chi connectivity index (χ1v) is 5.73. The molecule has 16 heavy (non-hydrogen) atoms. The third kappa shape index (κ3) is 6.43. The van der Waals surface area contributed by atoms with Gasteiger partial charge >= 0.3 is 11.9 Å². The summed E-state index contributed by atoms with van der Waals surface area (Å²) in [4.78, 5) is 22.1. The molecule has 1 atom stereocenters. The summed E-state index contributed by atoms with van der Waals surface area (Å²) in [6.45, 7) is 8.01. The predicted molar refractivity (Wildman–Crippen MR) is 61.0 cm³/mol. The minimum Gasteiger partial charge on any atom is -0.481 e. The number of carboxylic acid groups (broad SMARTS) is 1. The van der Waals surface area contributed by atoms with Crippen LogP contribution in [-0.2, 0) is 14.3 Å². The Hall–Kier alpha value is -1.06. The summed E-state index contributed by atoms with van der Waals surface area (Å²) in [7, 11) is 0. The van der Waals surface area contributed by atoms with E-state index < -0.39 is 11.9 Å². The van der Waals surface area contributed by atoms with Gasteiger partial charge < -0.3 is 9.84 Å². The zero-order valence-electron chi connectivity index (χ0n) is 10.5. The zero-order chi connectivity index (χ0) is 12.7. The molecule has 0 fully saturated rings. The maximum absolute atomic E-state index is 11.3. The van der Waals surface area contributed by atoms with Crippen molar-refractivity contribution in [3.8, 4) is 0 Å². The second-order valence-corrected chi connectivity index (χ2v) is 4.80. The van der Waals surface area contributed by atoms with E-state index in [1.54, 1.807) is 0 Å². The van der Waals surface area contributed by atoms with E-state index in [9.17, 15) is 9.59 Å².